The third-order valence-electron chi connectivity index (χ3n) is 4.76. The smallest absolute Gasteiger partial charge is 0.163 e. The molecule has 0 N–H and O–H groups in total. The molecule has 0 aromatic heterocycles. The Morgan fingerprint density at radius 1 is 1.13 bits per heavy atom. The molecule has 3 rings (SSSR count). The van der Waals surface area contributed by atoms with E-state index in [-0.39, 0.29) is 30.4 Å². The van der Waals surface area contributed by atoms with E-state index in [0.717, 1.165) is 0 Å². The Kier molecular flexibility index (Phi) is 4.28. The Hall–Kier alpha value is -0.970. The van der Waals surface area contributed by atoms with Gasteiger partial charge in [-0.05, 0) is 27.7 Å². The maximum Gasteiger partial charge on any atom is 0.163 e. The van der Waals surface area contributed by atoms with Gasteiger partial charge in [0.1, 0.15) is 18.3 Å². The Morgan fingerprint density at radius 3 is 2.43 bits per heavy atom. The van der Waals surface area contributed by atoms with E-state index < -0.39 is 11.6 Å². The molecule has 0 aliphatic carbocycles. The van der Waals surface area contributed by atoms with Crippen LogP contribution in [-0.2, 0) is 18.9 Å². The molecule has 0 aromatic carbocycles. The lowest BCUT2D eigenvalue weighted by molar-refractivity contribution is -0.324. The second kappa shape index (κ2) is 5.83. The first-order valence-electron chi connectivity index (χ1n) is 8.19. The molecular weight excluding hydrogens is 296 g/mol. The highest BCUT2D eigenvalue weighted by Gasteiger charge is 2.59. The number of hydrogen-bond donors (Lipinski definition) is 0. The molecule has 6 heteroatoms. The SMILES string of the molecule is C=CCN1[C@H]2COC(C)(C)O[C@H]2[C@@H]2OC(C)(C)O[C@@H]2[C@@H]1CC#N. The Morgan fingerprint density at radius 2 is 1.78 bits per heavy atom. The fourth-order valence-electron chi connectivity index (χ4n) is 3.94. The van der Waals surface area contributed by atoms with Crippen molar-refractivity contribution in [2.24, 2.45) is 0 Å². The van der Waals surface area contributed by atoms with Crippen molar-refractivity contribution in [3.63, 3.8) is 0 Å². The van der Waals surface area contributed by atoms with Crippen LogP contribution >= 0.6 is 0 Å². The fourth-order valence-corrected chi connectivity index (χ4v) is 3.94. The standard InChI is InChI=1S/C17H26N2O4/c1-6-9-19-11(7-8-18)13-15(23-17(4,5)22-13)14-12(19)10-20-16(2,3)21-14/h6,11-15H,1,7,9-10H2,2-5H3/t11-,12-,13+,14+,15+/m0/s1. The first-order chi connectivity index (χ1) is 10.8. The minimum Gasteiger partial charge on any atom is -0.349 e. The van der Waals surface area contributed by atoms with E-state index in [0.29, 0.717) is 19.6 Å². The predicted octanol–water partition coefficient (Wildman–Crippen LogP) is 1.81. The molecule has 0 aromatic rings. The van der Waals surface area contributed by atoms with Crippen LogP contribution in [-0.4, -0.2) is 60.0 Å². The molecule has 23 heavy (non-hydrogen) atoms. The molecule has 0 bridgehead atoms. The summed E-state index contributed by atoms with van der Waals surface area (Å²) in [4.78, 5) is 2.22. The summed E-state index contributed by atoms with van der Waals surface area (Å²) in [7, 11) is 0. The molecule has 0 spiro atoms. The zero-order chi connectivity index (χ0) is 16.8. The lowest BCUT2D eigenvalue weighted by Crippen LogP contribution is -2.70. The fraction of sp³-hybridized carbons (Fsp3) is 0.824. The van der Waals surface area contributed by atoms with Crippen molar-refractivity contribution < 1.29 is 18.9 Å². The Balaban J connectivity index is 1.96. The van der Waals surface area contributed by atoms with Gasteiger partial charge in [0, 0.05) is 6.54 Å². The topological polar surface area (TPSA) is 64.0 Å². The van der Waals surface area contributed by atoms with Crippen LogP contribution in [0.4, 0.5) is 0 Å². The van der Waals surface area contributed by atoms with Crippen LogP contribution in [0.1, 0.15) is 34.1 Å². The maximum atomic E-state index is 9.27. The van der Waals surface area contributed by atoms with Gasteiger partial charge in [-0.25, -0.2) is 0 Å². The summed E-state index contributed by atoms with van der Waals surface area (Å²) < 4.78 is 24.4. The molecule has 5 atom stereocenters. The van der Waals surface area contributed by atoms with E-state index in [2.05, 4.69) is 17.5 Å². The summed E-state index contributed by atoms with van der Waals surface area (Å²) in [5.74, 6) is -1.33. The van der Waals surface area contributed by atoms with E-state index in [1.54, 1.807) is 0 Å². The summed E-state index contributed by atoms with van der Waals surface area (Å²) in [6.07, 6.45) is 1.68. The lowest BCUT2D eigenvalue weighted by Gasteiger charge is -2.54. The molecule has 3 aliphatic heterocycles. The molecule has 0 radical (unpaired) electrons. The number of nitrogens with zero attached hydrogens (tertiary/aromatic N) is 2. The van der Waals surface area contributed by atoms with Gasteiger partial charge in [0.15, 0.2) is 11.6 Å². The zero-order valence-electron chi connectivity index (χ0n) is 14.3. The van der Waals surface area contributed by atoms with Crippen molar-refractivity contribution in [3.8, 4) is 6.07 Å². The summed E-state index contributed by atoms with van der Waals surface area (Å²) >= 11 is 0. The van der Waals surface area contributed by atoms with Crippen LogP contribution in [0.3, 0.4) is 0 Å². The third-order valence-corrected chi connectivity index (χ3v) is 4.76. The van der Waals surface area contributed by atoms with Crippen LogP contribution < -0.4 is 0 Å². The summed E-state index contributed by atoms with van der Waals surface area (Å²) in [6, 6.07) is 2.25. The van der Waals surface area contributed by atoms with Gasteiger partial charge in [0.2, 0.25) is 0 Å². The Bertz CT molecular complexity index is 513. The quantitative estimate of drug-likeness (QED) is 0.739. The van der Waals surface area contributed by atoms with Crippen molar-refractivity contribution in [1.82, 2.24) is 4.90 Å². The van der Waals surface area contributed by atoms with Gasteiger partial charge < -0.3 is 18.9 Å². The van der Waals surface area contributed by atoms with Crippen LogP contribution in [0.25, 0.3) is 0 Å². The first kappa shape index (κ1) is 16.9. The largest absolute Gasteiger partial charge is 0.349 e. The second-order valence-electron chi connectivity index (χ2n) is 7.34. The van der Waals surface area contributed by atoms with Crippen molar-refractivity contribution in [2.45, 2.75) is 76.1 Å². The summed E-state index contributed by atoms with van der Waals surface area (Å²) in [5, 5.41) is 9.27. The maximum absolute atomic E-state index is 9.27. The Labute approximate surface area is 137 Å². The zero-order valence-corrected chi connectivity index (χ0v) is 14.3. The number of hydrogen-bond acceptors (Lipinski definition) is 6. The van der Waals surface area contributed by atoms with Crippen LogP contribution in [0.15, 0.2) is 12.7 Å². The van der Waals surface area contributed by atoms with Gasteiger partial charge in [0.05, 0.1) is 31.2 Å². The average Bonchev–Trinajstić information content (AvgIpc) is 2.77. The molecule has 3 fully saturated rings. The van der Waals surface area contributed by atoms with Crippen molar-refractivity contribution in [2.75, 3.05) is 13.2 Å². The first-order valence-corrected chi connectivity index (χ1v) is 8.19. The molecule has 0 unspecified atom stereocenters. The molecule has 0 saturated carbocycles. The van der Waals surface area contributed by atoms with Gasteiger partial charge in [-0.3, -0.25) is 4.90 Å². The number of rotatable bonds is 3. The molecule has 3 aliphatic rings. The monoisotopic (exact) mass is 322 g/mol. The molecule has 3 saturated heterocycles. The molecule has 6 nitrogen and oxygen atoms in total. The normalized spacial score (nSPS) is 41.6. The van der Waals surface area contributed by atoms with Crippen molar-refractivity contribution in [1.29, 1.82) is 5.26 Å². The predicted molar refractivity (Wildman–Crippen MR) is 83.4 cm³/mol. The highest BCUT2D eigenvalue weighted by Crippen LogP contribution is 2.43. The van der Waals surface area contributed by atoms with Crippen LogP contribution in [0.5, 0.6) is 0 Å². The average molecular weight is 322 g/mol. The van der Waals surface area contributed by atoms with Crippen molar-refractivity contribution >= 4 is 0 Å². The van der Waals surface area contributed by atoms with Crippen LogP contribution in [0, 0.1) is 11.3 Å². The van der Waals surface area contributed by atoms with Gasteiger partial charge in [-0.15, -0.1) is 6.58 Å². The van der Waals surface area contributed by atoms with Gasteiger partial charge in [-0.1, -0.05) is 6.08 Å². The molecule has 3 heterocycles. The summed E-state index contributed by atoms with van der Waals surface area (Å²) in [5.41, 5.74) is 0. The lowest BCUT2D eigenvalue weighted by atomic mass is 9.86. The minimum absolute atomic E-state index is 0.0260. The number of likely N-dealkylation sites (tertiary alicyclic amines) is 1. The van der Waals surface area contributed by atoms with E-state index >= 15 is 0 Å². The molecule has 0 amide bonds. The molecular formula is C17H26N2O4. The highest BCUT2D eigenvalue weighted by molar-refractivity contribution is 5.09. The summed E-state index contributed by atoms with van der Waals surface area (Å²) in [6.45, 7) is 12.7. The minimum atomic E-state index is -0.677. The van der Waals surface area contributed by atoms with Crippen molar-refractivity contribution in [3.05, 3.63) is 12.7 Å². The number of fused-ring (bicyclic) bond motifs is 3. The van der Waals surface area contributed by atoms with E-state index in [1.165, 1.54) is 0 Å². The number of ether oxygens (including phenoxy) is 4. The van der Waals surface area contributed by atoms with E-state index in [1.807, 2.05) is 33.8 Å². The molecule has 128 valence electrons. The van der Waals surface area contributed by atoms with Gasteiger partial charge in [-0.2, -0.15) is 5.26 Å². The number of nitriles is 1. The number of piperidine rings is 1. The van der Waals surface area contributed by atoms with Crippen LogP contribution in [0.2, 0.25) is 0 Å². The van der Waals surface area contributed by atoms with Gasteiger partial charge >= 0.3 is 0 Å². The van der Waals surface area contributed by atoms with E-state index in [9.17, 15) is 5.26 Å². The third kappa shape index (κ3) is 3.04. The van der Waals surface area contributed by atoms with Gasteiger partial charge in [0.25, 0.3) is 0 Å². The van der Waals surface area contributed by atoms with E-state index in [4.69, 9.17) is 18.9 Å². The second-order valence-corrected chi connectivity index (χ2v) is 7.34. The highest BCUT2D eigenvalue weighted by atomic mass is 16.8.